The maximum absolute atomic E-state index is 10.2. The van der Waals surface area contributed by atoms with Crippen molar-refractivity contribution < 1.29 is 5.11 Å². The second-order valence-corrected chi connectivity index (χ2v) is 6.32. The van der Waals surface area contributed by atoms with E-state index < -0.39 is 0 Å². The molecule has 4 nitrogen and oxygen atoms in total. The Hall–Kier alpha value is -1.65. The molecule has 0 saturated carbocycles. The summed E-state index contributed by atoms with van der Waals surface area (Å²) in [4.78, 5) is 2.38. The van der Waals surface area contributed by atoms with Crippen LogP contribution in [0.3, 0.4) is 0 Å². The van der Waals surface area contributed by atoms with Gasteiger partial charge in [-0.05, 0) is 49.9 Å². The lowest BCUT2D eigenvalue weighted by Gasteiger charge is -2.33. The van der Waals surface area contributed by atoms with Crippen LogP contribution in [0.1, 0.15) is 18.4 Å². The van der Waals surface area contributed by atoms with Crippen LogP contribution in [0.2, 0.25) is 0 Å². The molecule has 0 unspecified atom stereocenters. The standard InChI is InChI=1S/C18H25N3O/c22-18(15-21-10-4-9-19-21)14-20-11-7-17(8-12-20)13-16-5-2-1-3-6-16/h1-6,9-10,17-18,22H,7-8,11-15H2/t18-/m0/s1. The van der Waals surface area contributed by atoms with Gasteiger partial charge in [0.25, 0.3) is 0 Å². The molecular weight excluding hydrogens is 274 g/mol. The average Bonchev–Trinajstić information content (AvgIpc) is 3.03. The smallest absolute Gasteiger partial charge is 0.0862 e. The number of aliphatic hydroxyl groups excluding tert-OH is 1. The fourth-order valence-electron chi connectivity index (χ4n) is 3.30. The first-order valence-corrected chi connectivity index (χ1v) is 8.21. The molecule has 0 spiro atoms. The molecule has 0 bridgehead atoms. The predicted octanol–water partition coefficient (Wildman–Crippen LogP) is 2.20. The van der Waals surface area contributed by atoms with Gasteiger partial charge >= 0.3 is 0 Å². The molecule has 4 heteroatoms. The molecule has 1 N–H and O–H groups in total. The lowest BCUT2D eigenvalue weighted by molar-refractivity contribution is 0.0759. The van der Waals surface area contributed by atoms with Gasteiger partial charge in [-0.25, -0.2) is 0 Å². The number of hydrogen-bond donors (Lipinski definition) is 1. The molecule has 118 valence electrons. The molecule has 0 radical (unpaired) electrons. The van der Waals surface area contributed by atoms with Gasteiger partial charge in [-0.3, -0.25) is 4.68 Å². The number of aliphatic hydroxyl groups is 1. The Kier molecular flexibility index (Phi) is 5.24. The molecule has 0 amide bonds. The van der Waals surface area contributed by atoms with E-state index in [1.165, 1.54) is 24.8 Å². The van der Waals surface area contributed by atoms with Gasteiger partial charge in [0, 0.05) is 18.9 Å². The third kappa shape index (κ3) is 4.42. The highest BCUT2D eigenvalue weighted by Crippen LogP contribution is 2.21. The van der Waals surface area contributed by atoms with Crippen molar-refractivity contribution in [1.82, 2.24) is 14.7 Å². The van der Waals surface area contributed by atoms with Crippen LogP contribution in [-0.2, 0) is 13.0 Å². The molecule has 2 heterocycles. The number of piperidine rings is 1. The number of likely N-dealkylation sites (tertiary alicyclic amines) is 1. The van der Waals surface area contributed by atoms with Crippen LogP contribution in [0, 0.1) is 5.92 Å². The Morgan fingerprint density at radius 3 is 2.55 bits per heavy atom. The zero-order valence-corrected chi connectivity index (χ0v) is 13.0. The Labute approximate surface area is 132 Å². The van der Waals surface area contributed by atoms with Gasteiger partial charge in [-0.15, -0.1) is 0 Å². The number of nitrogens with zero attached hydrogens (tertiary/aromatic N) is 3. The van der Waals surface area contributed by atoms with E-state index in [9.17, 15) is 5.11 Å². The first kappa shape index (κ1) is 15.3. The topological polar surface area (TPSA) is 41.3 Å². The summed E-state index contributed by atoms with van der Waals surface area (Å²) in [5.74, 6) is 0.780. The fraction of sp³-hybridized carbons (Fsp3) is 0.500. The van der Waals surface area contributed by atoms with Crippen LogP contribution in [-0.4, -0.2) is 45.5 Å². The Morgan fingerprint density at radius 1 is 1.09 bits per heavy atom. The zero-order valence-electron chi connectivity index (χ0n) is 13.0. The van der Waals surface area contributed by atoms with Crippen LogP contribution in [0.4, 0.5) is 0 Å². The number of benzene rings is 1. The maximum Gasteiger partial charge on any atom is 0.0862 e. The third-order valence-electron chi connectivity index (χ3n) is 4.50. The lowest BCUT2D eigenvalue weighted by Crippen LogP contribution is -2.40. The summed E-state index contributed by atoms with van der Waals surface area (Å²) >= 11 is 0. The summed E-state index contributed by atoms with van der Waals surface area (Å²) in [6.07, 6.45) is 6.94. The first-order chi connectivity index (χ1) is 10.8. The van der Waals surface area contributed by atoms with Crippen molar-refractivity contribution in [2.45, 2.75) is 31.9 Å². The Morgan fingerprint density at radius 2 is 1.86 bits per heavy atom. The van der Waals surface area contributed by atoms with Crippen LogP contribution >= 0.6 is 0 Å². The van der Waals surface area contributed by atoms with Crippen LogP contribution in [0.25, 0.3) is 0 Å². The fourth-order valence-corrected chi connectivity index (χ4v) is 3.30. The van der Waals surface area contributed by atoms with Crippen molar-refractivity contribution in [3.63, 3.8) is 0 Å². The summed E-state index contributed by atoms with van der Waals surface area (Å²) < 4.78 is 1.80. The summed E-state index contributed by atoms with van der Waals surface area (Å²) in [6.45, 7) is 3.51. The van der Waals surface area contributed by atoms with Crippen molar-refractivity contribution in [1.29, 1.82) is 0 Å². The molecule has 2 aromatic rings. The SMILES string of the molecule is O[C@@H](CN1CCC(Cc2ccccc2)CC1)Cn1cccn1. The van der Waals surface area contributed by atoms with E-state index in [2.05, 4.69) is 40.3 Å². The second kappa shape index (κ2) is 7.56. The monoisotopic (exact) mass is 299 g/mol. The molecule has 0 aliphatic carbocycles. The normalized spacial score (nSPS) is 18.4. The highest BCUT2D eigenvalue weighted by molar-refractivity contribution is 5.15. The minimum absolute atomic E-state index is 0.342. The van der Waals surface area contributed by atoms with Gasteiger partial charge in [0.15, 0.2) is 0 Å². The Balaban J connectivity index is 1.40. The van der Waals surface area contributed by atoms with E-state index in [-0.39, 0.29) is 6.10 Å². The molecule has 1 aliphatic heterocycles. The van der Waals surface area contributed by atoms with Crippen molar-refractivity contribution >= 4 is 0 Å². The molecule has 1 fully saturated rings. The van der Waals surface area contributed by atoms with Crippen LogP contribution in [0.5, 0.6) is 0 Å². The maximum atomic E-state index is 10.2. The van der Waals surface area contributed by atoms with Crippen molar-refractivity contribution in [2.24, 2.45) is 5.92 Å². The van der Waals surface area contributed by atoms with E-state index in [1.807, 2.05) is 12.3 Å². The Bertz CT molecular complexity index is 533. The lowest BCUT2D eigenvalue weighted by atomic mass is 9.90. The summed E-state index contributed by atoms with van der Waals surface area (Å²) in [7, 11) is 0. The van der Waals surface area contributed by atoms with Crippen LogP contribution < -0.4 is 0 Å². The average molecular weight is 299 g/mol. The van der Waals surface area contributed by atoms with E-state index >= 15 is 0 Å². The van der Waals surface area contributed by atoms with Gasteiger partial charge in [-0.1, -0.05) is 30.3 Å². The minimum Gasteiger partial charge on any atom is -0.390 e. The van der Waals surface area contributed by atoms with Crippen molar-refractivity contribution in [2.75, 3.05) is 19.6 Å². The highest BCUT2D eigenvalue weighted by atomic mass is 16.3. The number of hydrogen-bond acceptors (Lipinski definition) is 3. The molecule has 3 rings (SSSR count). The molecule has 22 heavy (non-hydrogen) atoms. The predicted molar refractivity (Wildman–Crippen MR) is 87.5 cm³/mol. The number of aromatic nitrogens is 2. The highest BCUT2D eigenvalue weighted by Gasteiger charge is 2.21. The quantitative estimate of drug-likeness (QED) is 0.889. The van der Waals surface area contributed by atoms with Gasteiger partial charge in [0.1, 0.15) is 0 Å². The number of β-amino-alcohol motifs (C(OH)–C–C–N with tert-alkyl or cyclic N) is 1. The van der Waals surface area contributed by atoms with Gasteiger partial charge < -0.3 is 10.0 Å². The molecular formula is C18H25N3O. The van der Waals surface area contributed by atoms with E-state index in [0.717, 1.165) is 25.6 Å². The largest absolute Gasteiger partial charge is 0.390 e. The zero-order chi connectivity index (χ0) is 15.2. The summed E-state index contributed by atoms with van der Waals surface area (Å²) in [6, 6.07) is 12.7. The number of rotatable bonds is 6. The first-order valence-electron chi connectivity index (χ1n) is 8.21. The van der Waals surface area contributed by atoms with E-state index in [1.54, 1.807) is 10.9 Å². The van der Waals surface area contributed by atoms with Crippen molar-refractivity contribution in [3.05, 3.63) is 54.4 Å². The van der Waals surface area contributed by atoms with E-state index in [0.29, 0.717) is 6.54 Å². The molecule has 1 aromatic carbocycles. The van der Waals surface area contributed by atoms with Crippen molar-refractivity contribution in [3.8, 4) is 0 Å². The van der Waals surface area contributed by atoms with Gasteiger partial charge in [0.05, 0.1) is 12.6 Å². The third-order valence-corrected chi connectivity index (χ3v) is 4.50. The molecule has 1 aliphatic rings. The molecule has 1 aromatic heterocycles. The minimum atomic E-state index is -0.342. The van der Waals surface area contributed by atoms with Gasteiger partial charge in [-0.2, -0.15) is 5.10 Å². The van der Waals surface area contributed by atoms with Gasteiger partial charge in [0.2, 0.25) is 0 Å². The molecule has 1 saturated heterocycles. The summed E-state index contributed by atoms with van der Waals surface area (Å²) in [5, 5.41) is 14.3. The summed E-state index contributed by atoms with van der Waals surface area (Å²) in [5.41, 5.74) is 1.44. The molecule has 1 atom stereocenters. The van der Waals surface area contributed by atoms with Crippen LogP contribution in [0.15, 0.2) is 48.8 Å². The van der Waals surface area contributed by atoms with E-state index in [4.69, 9.17) is 0 Å². The second-order valence-electron chi connectivity index (χ2n) is 6.32.